The molecule has 1 aliphatic heterocycles. The Kier molecular flexibility index (Phi) is 5.61. The molecule has 1 saturated heterocycles. The molecule has 0 unspecified atom stereocenters. The van der Waals surface area contributed by atoms with Crippen molar-refractivity contribution in [2.45, 2.75) is 19.3 Å². The maximum atomic E-state index is 11.8. The zero-order chi connectivity index (χ0) is 21.8. The highest BCUT2D eigenvalue weighted by atomic mass is 16.2. The van der Waals surface area contributed by atoms with E-state index in [2.05, 4.69) is 25.6 Å². The molecule has 1 fully saturated rings. The number of nitrogens with zero attached hydrogens (tertiary/aromatic N) is 6. The molecule has 5 rings (SSSR count). The van der Waals surface area contributed by atoms with Gasteiger partial charge in [-0.1, -0.05) is 24.3 Å². The molecular weight excluding hydrogens is 404 g/mol. The molecular formula is C23H24N8O. The smallest absolute Gasteiger partial charge is 0.232 e. The van der Waals surface area contributed by atoms with Gasteiger partial charge in [0.2, 0.25) is 11.9 Å². The Bertz CT molecular complexity index is 1210. The van der Waals surface area contributed by atoms with Crippen LogP contribution in [0.5, 0.6) is 0 Å². The normalized spacial score (nSPS) is 13.6. The molecule has 9 nitrogen and oxygen atoms in total. The second kappa shape index (κ2) is 9.01. The van der Waals surface area contributed by atoms with Crippen LogP contribution in [-0.2, 0) is 4.79 Å². The number of likely N-dealkylation sites (tertiary alicyclic amines) is 1. The number of benzene rings is 1. The molecule has 0 radical (unpaired) electrons. The van der Waals surface area contributed by atoms with Crippen molar-refractivity contribution >= 4 is 34.7 Å². The van der Waals surface area contributed by atoms with Crippen molar-refractivity contribution in [3.63, 3.8) is 0 Å². The van der Waals surface area contributed by atoms with Crippen molar-refractivity contribution in [3.05, 3.63) is 61.1 Å². The van der Waals surface area contributed by atoms with Gasteiger partial charge in [-0.05, 0) is 37.1 Å². The predicted octanol–water partition coefficient (Wildman–Crippen LogP) is 3.38. The first-order valence-corrected chi connectivity index (χ1v) is 10.8. The number of rotatable bonds is 8. The van der Waals surface area contributed by atoms with Crippen molar-refractivity contribution in [2.24, 2.45) is 0 Å². The van der Waals surface area contributed by atoms with Crippen LogP contribution in [-0.4, -0.2) is 54.9 Å². The van der Waals surface area contributed by atoms with Gasteiger partial charge in [-0.25, -0.2) is 9.97 Å². The molecule has 1 aromatic carbocycles. The number of carbonyl (C=O) groups is 1. The van der Waals surface area contributed by atoms with Crippen molar-refractivity contribution in [3.8, 4) is 5.69 Å². The van der Waals surface area contributed by atoms with Crippen LogP contribution in [0.1, 0.15) is 19.3 Å². The second-order valence-electron chi connectivity index (χ2n) is 7.62. The highest BCUT2D eigenvalue weighted by Crippen LogP contribution is 2.24. The number of para-hydroxylation sites is 1. The van der Waals surface area contributed by atoms with Gasteiger partial charge in [-0.15, -0.1) is 0 Å². The Morgan fingerprint density at radius 2 is 1.88 bits per heavy atom. The lowest BCUT2D eigenvalue weighted by Gasteiger charge is -2.15. The first-order valence-electron chi connectivity index (χ1n) is 10.8. The summed E-state index contributed by atoms with van der Waals surface area (Å²) < 4.78 is 1.94. The fourth-order valence-corrected chi connectivity index (χ4v) is 3.83. The third kappa shape index (κ3) is 4.22. The monoisotopic (exact) mass is 428 g/mol. The third-order valence-corrected chi connectivity index (χ3v) is 5.40. The molecule has 0 aliphatic carbocycles. The standard InChI is InChI=1S/C23H24N8O/c32-19-11-6-14-30(19)15-7-13-25-21-20-22(31(16-26-20)17-8-2-1-3-9-17)29-23(28-21)27-18-10-4-5-12-24-18/h1-5,8-10,12,16H,6-7,11,13-15H2,(H2,24,25,27,28,29). The molecule has 2 N–H and O–H groups in total. The van der Waals surface area contributed by atoms with Crippen LogP contribution >= 0.6 is 0 Å². The van der Waals surface area contributed by atoms with Crippen LogP contribution in [0.15, 0.2) is 61.1 Å². The second-order valence-corrected chi connectivity index (χ2v) is 7.62. The summed E-state index contributed by atoms with van der Waals surface area (Å²) in [5.41, 5.74) is 2.36. The average Bonchev–Trinajstić information content (AvgIpc) is 3.44. The minimum Gasteiger partial charge on any atom is -0.368 e. The highest BCUT2D eigenvalue weighted by Gasteiger charge is 2.19. The van der Waals surface area contributed by atoms with Crippen LogP contribution in [0.2, 0.25) is 0 Å². The fourth-order valence-electron chi connectivity index (χ4n) is 3.83. The van der Waals surface area contributed by atoms with Gasteiger partial charge < -0.3 is 15.5 Å². The number of carbonyl (C=O) groups excluding carboxylic acids is 1. The topological polar surface area (TPSA) is 101 Å². The molecule has 1 amide bonds. The zero-order valence-corrected chi connectivity index (χ0v) is 17.6. The molecule has 1 aliphatic rings. The van der Waals surface area contributed by atoms with Gasteiger partial charge in [0, 0.05) is 37.9 Å². The summed E-state index contributed by atoms with van der Waals surface area (Å²) >= 11 is 0. The zero-order valence-electron chi connectivity index (χ0n) is 17.6. The number of hydrogen-bond acceptors (Lipinski definition) is 7. The van der Waals surface area contributed by atoms with Gasteiger partial charge in [-0.2, -0.15) is 9.97 Å². The summed E-state index contributed by atoms with van der Waals surface area (Å²) in [6, 6.07) is 15.6. The highest BCUT2D eigenvalue weighted by molar-refractivity contribution is 5.85. The van der Waals surface area contributed by atoms with Gasteiger partial charge in [-0.3, -0.25) is 9.36 Å². The van der Waals surface area contributed by atoms with Crippen LogP contribution in [0.3, 0.4) is 0 Å². The molecule has 0 atom stereocenters. The number of imidazole rings is 1. The van der Waals surface area contributed by atoms with E-state index in [1.54, 1.807) is 12.5 Å². The number of amides is 1. The maximum absolute atomic E-state index is 11.8. The lowest BCUT2D eigenvalue weighted by Crippen LogP contribution is -2.27. The molecule has 3 aromatic heterocycles. The minimum atomic E-state index is 0.248. The Morgan fingerprint density at radius 3 is 2.66 bits per heavy atom. The van der Waals surface area contributed by atoms with E-state index in [-0.39, 0.29) is 5.91 Å². The summed E-state index contributed by atoms with van der Waals surface area (Å²) in [5, 5.41) is 6.57. The number of nitrogens with one attached hydrogen (secondary N) is 2. The Labute approximate surface area is 185 Å². The molecule has 4 heterocycles. The molecule has 0 spiro atoms. The first-order chi connectivity index (χ1) is 15.8. The quantitative estimate of drug-likeness (QED) is 0.415. The van der Waals surface area contributed by atoms with Crippen LogP contribution in [0, 0.1) is 0 Å². The Balaban J connectivity index is 1.42. The van der Waals surface area contributed by atoms with Crippen molar-refractivity contribution in [1.82, 2.24) is 29.4 Å². The average molecular weight is 429 g/mol. The number of aromatic nitrogens is 5. The molecule has 4 aromatic rings. The van der Waals surface area contributed by atoms with E-state index >= 15 is 0 Å². The molecule has 0 bridgehead atoms. The molecule has 32 heavy (non-hydrogen) atoms. The number of pyridine rings is 1. The summed E-state index contributed by atoms with van der Waals surface area (Å²) in [4.78, 5) is 32.0. The van der Waals surface area contributed by atoms with Gasteiger partial charge >= 0.3 is 0 Å². The maximum Gasteiger partial charge on any atom is 0.232 e. The van der Waals surface area contributed by atoms with Gasteiger partial charge in [0.1, 0.15) is 12.1 Å². The number of fused-ring (bicyclic) bond motifs is 1. The minimum absolute atomic E-state index is 0.248. The van der Waals surface area contributed by atoms with E-state index in [1.165, 1.54) is 0 Å². The first kappa shape index (κ1) is 19.9. The Morgan fingerprint density at radius 1 is 1.00 bits per heavy atom. The molecule has 162 valence electrons. The van der Waals surface area contributed by atoms with Gasteiger partial charge in [0.25, 0.3) is 0 Å². The molecule has 9 heteroatoms. The third-order valence-electron chi connectivity index (χ3n) is 5.40. The van der Waals surface area contributed by atoms with Crippen LogP contribution in [0.25, 0.3) is 16.9 Å². The van der Waals surface area contributed by atoms with Crippen molar-refractivity contribution < 1.29 is 4.79 Å². The van der Waals surface area contributed by atoms with E-state index < -0.39 is 0 Å². The fraction of sp³-hybridized carbons (Fsp3) is 0.261. The van der Waals surface area contributed by atoms with Gasteiger partial charge in [0.15, 0.2) is 17.0 Å². The lowest BCUT2D eigenvalue weighted by atomic mass is 10.3. The summed E-state index contributed by atoms with van der Waals surface area (Å²) in [7, 11) is 0. The van der Waals surface area contributed by atoms with Crippen LogP contribution in [0.4, 0.5) is 17.6 Å². The Hall–Kier alpha value is -4.01. The largest absolute Gasteiger partial charge is 0.368 e. The number of hydrogen-bond donors (Lipinski definition) is 2. The van der Waals surface area contributed by atoms with Crippen LogP contribution < -0.4 is 10.6 Å². The number of anilines is 3. The molecule has 0 saturated carbocycles. The van der Waals surface area contributed by atoms with Gasteiger partial charge in [0.05, 0.1) is 0 Å². The predicted molar refractivity (Wildman–Crippen MR) is 123 cm³/mol. The van der Waals surface area contributed by atoms with E-state index in [9.17, 15) is 4.79 Å². The van der Waals surface area contributed by atoms with Crippen molar-refractivity contribution in [1.29, 1.82) is 0 Å². The van der Waals surface area contributed by atoms with E-state index in [0.717, 1.165) is 31.6 Å². The van der Waals surface area contributed by atoms with E-state index in [0.29, 0.717) is 41.7 Å². The summed E-state index contributed by atoms with van der Waals surface area (Å²) in [6.45, 7) is 2.28. The van der Waals surface area contributed by atoms with E-state index in [4.69, 9.17) is 4.98 Å². The summed E-state index contributed by atoms with van der Waals surface area (Å²) in [5.74, 6) is 2.00. The lowest BCUT2D eigenvalue weighted by molar-refractivity contribution is -0.127. The van der Waals surface area contributed by atoms with Crippen molar-refractivity contribution in [2.75, 3.05) is 30.3 Å². The SMILES string of the molecule is O=C1CCCN1CCCNc1nc(Nc2ccccn2)nc2c1ncn2-c1ccccc1. The van der Waals surface area contributed by atoms with E-state index in [1.807, 2.05) is 58.0 Å². The summed E-state index contributed by atoms with van der Waals surface area (Å²) in [6.07, 6.45) is 5.93.